The molecule has 0 aliphatic rings. The monoisotopic (exact) mass is 288 g/mol. The van der Waals surface area contributed by atoms with Gasteiger partial charge in [-0.2, -0.15) is 0 Å². The zero-order valence-electron chi connectivity index (χ0n) is 12.6. The van der Waals surface area contributed by atoms with Gasteiger partial charge in [0.25, 0.3) is 0 Å². The Morgan fingerprint density at radius 1 is 0.762 bits per heavy atom. The van der Waals surface area contributed by atoms with Crippen molar-refractivity contribution in [2.45, 2.75) is 19.3 Å². The van der Waals surface area contributed by atoms with Crippen molar-refractivity contribution in [3.63, 3.8) is 0 Å². The van der Waals surface area contributed by atoms with Gasteiger partial charge in [-0.3, -0.25) is 0 Å². The van der Waals surface area contributed by atoms with Crippen molar-refractivity contribution in [2.24, 2.45) is 0 Å². The molecule has 0 heterocycles. The summed E-state index contributed by atoms with van der Waals surface area (Å²) in [4.78, 5) is 0. The number of benzene rings is 2. The van der Waals surface area contributed by atoms with E-state index < -0.39 is 0 Å². The van der Waals surface area contributed by atoms with Gasteiger partial charge in [-0.05, 0) is 43.5 Å². The average molecular weight is 288 g/mol. The smallest absolute Gasteiger partial charge is 0.119 e. The fourth-order valence-corrected chi connectivity index (χ4v) is 1.65. The molecule has 0 atom stereocenters. The molecule has 0 fully saturated rings. The van der Waals surface area contributed by atoms with Crippen molar-refractivity contribution in [1.82, 2.24) is 0 Å². The Hall–Kier alpha value is -2.00. The van der Waals surface area contributed by atoms with Gasteiger partial charge in [0.15, 0.2) is 0 Å². The molecule has 2 aromatic carbocycles. The van der Waals surface area contributed by atoms with Crippen LogP contribution in [0.1, 0.15) is 19.3 Å². The molecule has 0 amide bonds. The molecule has 0 unspecified atom stereocenters. The summed E-state index contributed by atoms with van der Waals surface area (Å²) in [5.41, 5.74) is 0. The Labute approximate surface area is 127 Å². The van der Waals surface area contributed by atoms with E-state index in [1.54, 1.807) is 7.11 Å². The lowest BCUT2D eigenvalue weighted by Crippen LogP contribution is -1.97. The van der Waals surface area contributed by atoms with Gasteiger partial charge < -0.3 is 14.6 Å². The zero-order chi connectivity index (χ0) is 15.2. The van der Waals surface area contributed by atoms with E-state index in [0.717, 1.165) is 37.4 Å². The quantitative estimate of drug-likeness (QED) is 0.785. The number of unbranched alkanes of at least 4 members (excludes halogenated alkanes) is 2. The molecule has 114 valence electrons. The average Bonchev–Trinajstić information content (AvgIpc) is 2.57. The third kappa shape index (κ3) is 8.71. The van der Waals surface area contributed by atoms with Crippen molar-refractivity contribution >= 4 is 0 Å². The molecule has 0 aliphatic carbocycles. The standard InChI is InChI=1S/C11H16O2.C7H8O/c12-9-5-2-6-10-13-11-7-3-1-4-8-11;1-8-7-5-3-2-4-6-7/h1,3-4,7-8,12H,2,5-6,9-10H2;2-6H,1H3. The van der Waals surface area contributed by atoms with Gasteiger partial charge in [-0.1, -0.05) is 36.4 Å². The first-order valence-corrected chi connectivity index (χ1v) is 7.24. The van der Waals surface area contributed by atoms with Crippen molar-refractivity contribution in [2.75, 3.05) is 20.3 Å². The highest BCUT2D eigenvalue weighted by molar-refractivity contribution is 5.21. The number of aliphatic hydroxyl groups is 1. The SMILES string of the molecule is COc1ccccc1.OCCCCCOc1ccccc1. The minimum absolute atomic E-state index is 0.283. The Morgan fingerprint density at radius 2 is 1.33 bits per heavy atom. The molecule has 0 radical (unpaired) electrons. The van der Waals surface area contributed by atoms with Gasteiger partial charge in [0.1, 0.15) is 11.5 Å². The first kappa shape index (κ1) is 17.1. The molecule has 2 rings (SSSR count). The number of hydrogen-bond donors (Lipinski definition) is 1. The van der Waals surface area contributed by atoms with E-state index >= 15 is 0 Å². The van der Waals surface area contributed by atoms with Crippen LogP contribution in [0.5, 0.6) is 11.5 Å². The second-order valence-electron chi connectivity index (χ2n) is 4.46. The third-order valence-corrected chi connectivity index (χ3v) is 2.79. The van der Waals surface area contributed by atoms with Crippen molar-refractivity contribution < 1.29 is 14.6 Å². The largest absolute Gasteiger partial charge is 0.497 e. The van der Waals surface area contributed by atoms with Crippen LogP contribution in [0.25, 0.3) is 0 Å². The summed E-state index contributed by atoms with van der Waals surface area (Å²) in [6.45, 7) is 1.02. The van der Waals surface area contributed by atoms with Crippen LogP contribution in [-0.4, -0.2) is 25.4 Å². The lowest BCUT2D eigenvalue weighted by Gasteiger charge is -2.04. The highest BCUT2D eigenvalue weighted by atomic mass is 16.5. The molecule has 0 saturated carbocycles. The van der Waals surface area contributed by atoms with Gasteiger partial charge in [-0.25, -0.2) is 0 Å². The van der Waals surface area contributed by atoms with Crippen LogP contribution < -0.4 is 9.47 Å². The van der Waals surface area contributed by atoms with Crippen molar-refractivity contribution in [3.05, 3.63) is 60.7 Å². The Bertz CT molecular complexity index is 443. The summed E-state index contributed by atoms with van der Waals surface area (Å²) in [6, 6.07) is 19.5. The maximum atomic E-state index is 8.54. The topological polar surface area (TPSA) is 38.7 Å². The summed E-state index contributed by atoms with van der Waals surface area (Å²) < 4.78 is 10.4. The molecule has 0 bridgehead atoms. The van der Waals surface area contributed by atoms with E-state index in [1.165, 1.54) is 0 Å². The number of methoxy groups -OCH3 is 1. The fraction of sp³-hybridized carbons (Fsp3) is 0.333. The molecule has 0 aliphatic heterocycles. The molecule has 2 aromatic rings. The van der Waals surface area contributed by atoms with Gasteiger partial charge in [-0.15, -0.1) is 0 Å². The lowest BCUT2D eigenvalue weighted by atomic mass is 10.2. The number of ether oxygens (including phenoxy) is 2. The molecule has 3 nitrogen and oxygen atoms in total. The lowest BCUT2D eigenvalue weighted by molar-refractivity contribution is 0.266. The maximum absolute atomic E-state index is 8.54. The molecule has 0 aromatic heterocycles. The fourth-order valence-electron chi connectivity index (χ4n) is 1.65. The summed E-state index contributed by atoms with van der Waals surface area (Å²) in [5.74, 6) is 1.83. The molecule has 0 saturated heterocycles. The first-order valence-electron chi connectivity index (χ1n) is 7.24. The molecule has 21 heavy (non-hydrogen) atoms. The van der Waals surface area contributed by atoms with Gasteiger partial charge in [0, 0.05) is 6.61 Å². The van der Waals surface area contributed by atoms with Crippen LogP contribution in [0.15, 0.2) is 60.7 Å². The van der Waals surface area contributed by atoms with Gasteiger partial charge in [0.05, 0.1) is 13.7 Å². The van der Waals surface area contributed by atoms with E-state index in [2.05, 4.69) is 0 Å². The summed E-state index contributed by atoms with van der Waals surface area (Å²) in [7, 11) is 1.66. The van der Waals surface area contributed by atoms with Crippen molar-refractivity contribution in [3.8, 4) is 11.5 Å². The predicted octanol–water partition coefficient (Wildman–Crippen LogP) is 3.92. The minimum Gasteiger partial charge on any atom is -0.497 e. The van der Waals surface area contributed by atoms with Crippen LogP contribution in [0.3, 0.4) is 0 Å². The number of aliphatic hydroxyl groups excluding tert-OH is 1. The van der Waals surface area contributed by atoms with Gasteiger partial charge >= 0.3 is 0 Å². The van der Waals surface area contributed by atoms with Crippen LogP contribution in [-0.2, 0) is 0 Å². The van der Waals surface area contributed by atoms with E-state index in [4.69, 9.17) is 14.6 Å². The molecule has 3 heteroatoms. The zero-order valence-corrected chi connectivity index (χ0v) is 12.6. The predicted molar refractivity (Wildman–Crippen MR) is 85.9 cm³/mol. The number of hydrogen-bond acceptors (Lipinski definition) is 3. The Balaban J connectivity index is 0.000000235. The Morgan fingerprint density at radius 3 is 1.81 bits per heavy atom. The van der Waals surface area contributed by atoms with Gasteiger partial charge in [0.2, 0.25) is 0 Å². The molecule has 0 spiro atoms. The Kier molecular flexibility index (Phi) is 9.58. The van der Waals surface area contributed by atoms with E-state index in [-0.39, 0.29) is 6.61 Å². The molecular formula is C18H24O3. The second kappa shape index (κ2) is 11.8. The van der Waals surface area contributed by atoms with Crippen LogP contribution >= 0.6 is 0 Å². The summed E-state index contributed by atoms with van der Waals surface area (Å²) in [5, 5.41) is 8.54. The highest BCUT2D eigenvalue weighted by Gasteiger charge is 1.91. The third-order valence-electron chi connectivity index (χ3n) is 2.79. The number of rotatable bonds is 7. The van der Waals surface area contributed by atoms with Crippen molar-refractivity contribution in [1.29, 1.82) is 0 Å². The highest BCUT2D eigenvalue weighted by Crippen LogP contribution is 2.09. The second-order valence-corrected chi connectivity index (χ2v) is 4.46. The van der Waals surface area contributed by atoms with Crippen LogP contribution in [0, 0.1) is 0 Å². The number of para-hydroxylation sites is 2. The maximum Gasteiger partial charge on any atom is 0.119 e. The molecular weight excluding hydrogens is 264 g/mol. The first-order chi connectivity index (χ1) is 10.4. The summed E-state index contributed by atoms with van der Waals surface area (Å²) in [6.07, 6.45) is 2.91. The van der Waals surface area contributed by atoms with E-state index in [0.29, 0.717) is 0 Å². The van der Waals surface area contributed by atoms with E-state index in [1.807, 2.05) is 60.7 Å². The normalized spacial score (nSPS) is 9.43. The van der Waals surface area contributed by atoms with Crippen LogP contribution in [0.2, 0.25) is 0 Å². The van der Waals surface area contributed by atoms with E-state index in [9.17, 15) is 0 Å². The van der Waals surface area contributed by atoms with Crippen LogP contribution in [0.4, 0.5) is 0 Å². The minimum atomic E-state index is 0.283. The summed E-state index contributed by atoms with van der Waals surface area (Å²) >= 11 is 0. The molecule has 1 N–H and O–H groups in total.